The Labute approximate surface area is 186 Å². The maximum Gasteiger partial charge on any atom is 0.295 e. The summed E-state index contributed by atoms with van der Waals surface area (Å²) in [6, 6.07) is 10.1. The van der Waals surface area contributed by atoms with Crippen molar-refractivity contribution in [2.75, 3.05) is 33.8 Å². The number of carbonyl (C=O) groups is 2. The van der Waals surface area contributed by atoms with Crippen LogP contribution < -0.4 is 4.74 Å². The van der Waals surface area contributed by atoms with E-state index < -0.39 is 17.7 Å². The molecule has 0 saturated carbocycles. The number of halogens is 1. The fourth-order valence-electron chi connectivity index (χ4n) is 3.50. The van der Waals surface area contributed by atoms with Gasteiger partial charge in [0.25, 0.3) is 11.7 Å². The minimum Gasteiger partial charge on any atom is -0.508 e. The maximum atomic E-state index is 13.0. The number of likely N-dealkylation sites (N-methyl/N-ethyl adjacent to an activating group) is 1. The number of hydrogen-bond donors (Lipinski definition) is 2. The van der Waals surface area contributed by atoms with Crippen LogP contribution in [0.25, 0.3) is 5.76 Å². The van der Waals surface area contributed by atoms with Crippen LogP contribution >= 0.6 is 11.6 Å². The van der Waals surface area contributed by atoms with Crippen molar-refractivity contribution in [1.29, 1.82) is 0 Å². The van der Waals surface area contributed by atoms with E-state index in [1.807, 2.05) is 25.9 Å². The molecule has 0 unspecified atom stereocenters. The smallest absolute Gasteiger partial charge is 0.295 e. The Morgan fingerprint density at radius 3 is 2.42 bits per heavy atom. The molecule has 1 saturated heterocycles. The summed E-state index contributed by atoms with van der Waals surface area (Å²) < 4.78 is 5.42. The Balaban J connectivity index is 2.12. The molecule has 1 atom stereocenters. The molecule has 0 bridgehead atoms. The average Bonchev–Trinajstić information content (AvgIpc) is 2.98. The lowest BCUT2D eigenvalue weighted by molar-refractivity contribution is -0.140. The van der Waals surface area contributed by atoms with Crippen molar-refractivity contribution in [1.82, 2.24) is 9.80 Å². The number of ether oxygens (including phenoxy) is 1. The molecule has 1 aliphatic heterocycles. The third kappa shape index (κ3) is 4.68. The highest BCUT2D eigenvalue weighted by atomic mass is 35.5. The zero-order valence-electron chi connectivity index (χ0n) is 17.6. The van der Waals surface area contributed by atoms with Crippen LogP contribution in [0.2, 0.25) is 5.02 Å². The van der Waals surface area contributed by atoms with Crippen LogP contribution in [-0.4, -0.2) is 65.5 Å². The molecule has 3 rings (SSSR count). The van der Waals surface area contributed by atoms with Gasteiger partial charge in [-0.05, 0) is 56.9 Å². The number of phenols is 1. The first-order chi connectivity index (χ1) is 14.7. The lowest BCUT2D eigenvalue weighted by atomic mass is 9.95. The second-order valence-corrected chi connectivity index (χ2v) is 7.87. The Morgan fingerprint density at radius 1 is 1.16 bits per heavy atom. The highest BCUT2D eigenvalue weighted by Gasteiger charge is 2.45. The second-order valence-electron chi connectivity index (χ2n) is 7.47. The Bertz CT molecular complexity index is 1020. The normalized spacial score (nSPS) is 18.1. The van der Waals surface area contributed by atoms with E-state index in [1.165, 1.54) is 23.1 Å². The quantitative estimate of drug-likeness (QED) is 0.386. The Kier molecular flexibility index (Phi) is 6.87. The number of amides is 1. The number of hydrogen-bond acceptors (Lipinski definition) is 6. The van der Waals surface area contributed by atoms with Crippen LogP contribution in [0.1, 0.15) is 24.1 Å². The minimum atomic E-state index is -0.786. The highest BCUT2D eigenvalue weighted by Crippen LogP contribution is 2.40. The van der Waals surface area contributed by atoms with Crippen LogP contribution in [0.3, 0.4) is 0 Å². The molecule has 0 spiro atoms. The summed E-state index contributed by atoms with van der Waals surface area (Å²) >= 11 is 6.25. The number of phenolic OH excluding ortho intramolecular Hbond substituents is 1. The topological polar surface area (TPSA) is 90.3 Å². The molecule has 0 aliphatic carbocycles. The maximum absolute atomic E-state index is 13.0. The zero-order valence-corrected chi connectivity index (χ0v) is 18.4. The first-order valence-electron chi connectivity index (χ1n) is 9.89. The molecule has 7 nitrogen and oxygen atoms in total. The largest absolute Gasteiger partial charge is 0.508 e. The van der Waals surface area contributed by atoms with Crippen molar-refractivity contribution < 1.29 is 24.5 Å². The van der Waals surface area contributed by atoms with E-state index in [0.29, 0.717) is 36.6 Å². The van der Waals surface area contributed by atoms with Crippen molar-refractivity contribution in [3.63, 3.8) is 0 Å². The molecule has 1 heterocycles. The van der Waals surface area contributed by atoms with Crippen molar-refractivity contribution in [3.05, 3.63) is 64.2 Å². The first kappa shape index (κ1) is 22.7. The van der Waals surface area contributed by atoms with Gasteiger partial charge in [-0.25, -0.2) is 0 Å². The molecule has 1 aliphatic rings. The number of likely N-dealkylation sites (tertiary alicyclic amines) is 1. The van der Waals surface area contributed by atoms with Gasteiger partial charge in [-0.2, -0.15) is 0 Å². The number of aliphatic hydroxyl groups excluding tert-OH is 1. The molecule has 0 aromatic heterocycles. The number of ketones is 1. The lowest BCUT2D eigenvalue weighted by Gasteiger charge is -2.26. The van der Waals surface area contributed by atoms with Crippen LogP contribution in [-0.2, 0) is 9.59 Å². The summed E-state index contributed by atoms with van der Waals surface area (Å²) in [6.07, 6.45) is 0. The molecule has 2 aromatic rings. The number of nitrogens with zero attached hydrogens (tertiary/aromatic N) is 2. The average molecular weight is 445 g/mol. The van der Waals surface area contributed by atoms with Gasteiger partial charge in [-0.1, -0.05) is 23.7 Å². The molecular formula is C23H25ClN2O5. The van der Waals surface area contributed by atoms with Gasteiger partial charge in [-0.15, -0.1) is 0 Å². The Morgan fingerprint density at radius 2 is 1.84 bits per heavy atom. The van der Waals surface area contributed by atoms with Gasteiger partial charge in [-0.3, -0.25) is 9.59 Å². The van der Waals surface area contributed by atoms with Crippen molar-refractivity contribution in [3.8, 4) is 11.5 Å². The zero-order chi connectivity index (χ0) is 22.7. The van der Waals surface area contributed by atoms with E-state index in [1.54, 1.807) is 24.3 Å². The van der Waals surface area contributed by atoms with Crippen LogP contribution in [0, 0.1) is 0 Å². The van der Waals surface area contributed by atoms with Crippen LogP contribution in [0.15, 0.2) is 48.0 Å². The van der Waals surface area contributed by atoms with Crippen molar-refractivity contribution >= 4 is 29.1 Å². The molecule has 164 valence electrons. The van der Waals surface area contributed by atoms with Gasteiger partial charge >= 0.3 is 0 Å². The fraction of sp³-hybridized carbons (Fsp3) is 0.304. The summed E-state index contributed by atoms with van der Waals surface area (Å²) in [7, 11) is 3.74. The first-order valence-corrected chi connectivity index (χ1v) is 10.3. The molecule has 2 N–H and O–H groups in total. The van der Waals surface area contributed by atoms with Crippen molar-refractivity contribution in [2.24, 2.45) is 0 Å². The van der Waals surface area contributed by atoms with Crippen LogP contribution in [0.4, 0.5) is 0 Å². The minimum absolute atomic E-state index is 0.0188. The standard InChI is InChI=1S/C23H25ClN2O5/c1-4-31-18-10-7-15(13-17(18)24)21(28)19-20(14-5-8-16(27)9-6-14)26(12-11-25(2)3)23(30)22(19)29/h5-10,13,20,27-28H,4,11-12H2,1-3H3/t20-/m0/s1. The number of aromatic hydroxyl groups is 1. The lowest BCUT2D eigenvalue weighted by Crippen LogP contribution is -2.35. The van der Waals surface area contributed by atoms with E-state index in [9.17, 15) is 19.8 Å². The Hall–Kier alpha value is -3.03. The molecule has 1 fully saturated rings. The molecular weight excluding hydrogens is 420 g/mol. The number of carbonyl (C=O) groups excluding carboxylic acids is 2. The fourth-order valence-corrected chi connectivity index (χ4v) is 3.73. The molecule has 2 aromatic carbocycles. The molecule has 31 heavy (non-hydrogen) atoms. The van der Waals surface area contributed by atoms with Gasteiger partial charge in [0.1, 0.15) is 17.3 Å². The van der Waals surface area contributed by atoms with E-state index >= 15 is 0 Å². The third-order valence-corrected chi connectivity index (χ3v) is 5.34. The SMILES string of the molecule is CCOc1ccc(C(O)=C2C(=O)C(=O)N(CCN(C)C)[C@H]2c2ccc(O)cc2)cc1Cl. The van der Waals surface area contributed by atoms with E-state index in [-0.39, 0.29) is 22.1 Å². The van der Waals surface area contributed by atoms with Gasteiger partial charge < -0.3 is 24.7 Å². The summed E-state index contributed by atoms with van der Waals surface area (Å²) in [5, 5.41) is 21.0. The van der Waals surface area contributed by atoms with Gasteiger partial charge in [0.15, 0.2) is 0 Å². The van der Waals surface area contributed by atoms with Gasteiger partial charge in [0.2, 0.25) is 0 Å². The van der Waals surface area contributed by atoms with E-state index in [0.717, 1.165) is 0 Å². The number of rotatable bonds is 7. The molecule has 8 heteroatoms. The summed E-state index contributed by atoms with van der Waals surface area (Å²) in [5.41, 5.74) is 0.895. The predicted molar refractivity (Wildman–Crippen MR) is 118 cm³/mol. The predicted octanol–water partition coefficient (Wildman–Crippen LogP) is 3.43. The molecule has 1 amide bonds. The molecule has 0 radical (unpaired) electrons. The van der Waals surface area contributed by atoms with Crippen molar-refractivity contribution in [2.45, 2.75) is 13.0 Å². The number of aliphatic hydroxyl groups is 1. The van der Waals surface area contributed by atoms with Gasteiger partial charge in [0.05, 0.1) is 23.2 Å². The third-order valence-electron chi connectivity index (χ3n) is 5.04. The number of benzene rings is 2. The van der Waals surface area contributed by atoms with E-state index in [4.69, 9.17) is 16.3 Å². The summed E-state index contributed by atoms with van der Waals surface area (Å²) in [5.74, 6) is -1.24. The summed E-state index contributed by atoms with van der Waals surface area (Å²) in [6.45, 7) is 3.10. The monoisotopic (exact) mass is 444 g/mol. The van der Waals surface area contributed by atoms with Gasteiger partial charge in [0, 0.05) is 18.7 Å². The number of Topliss-reactive ketones (excluding diaryl/α,β-unsaturated/α-hetero) is 1. The highest BCUT2D eigenvalue weighted by molar-refractivity contribution is 6.46. The van der Waals surface area contributed by atoms with Crippen LogP contribution in [0.5, 0.6) is 11.5 Å². The van der Waals surface area contributed by atoms with E-state index in [2.05, 4.69) is 0 Å². The summed E-state index contributed by atoms with van der Waals surface area (Å²) in [4.78, 5) is 29.1. The second kappa shape index (κ2) is 9.41.